The van der Waals surface area contributed by atoms with Gasteiger partial charge in [0.2, 0.25) is 0 Å². The van der Waals surface area contributed by atoms with Crippen LogP contribution in [0.5, 0.6) is 0 Å². The largest absolute Gasteiger partial charge is 0.382 e. The summed E-state index contributed by atoms with van der Waals surface area (Å²) in [5.41, 5.74) is 3.81. The molecule has 26 heavy (non-hydrogen) atoms. The number of aliphatic imine (C=N–C) groups is 1. The first-order chi connectivity index (χ1) is 12.8. The number of fused-ring (bicyclic) bond motifs is 1. The molecule has 6 nitrogen and oxygen atoms in total. The maximum Gasteiger partial charge on any atom is 0.191 e. The Morgan fingerprint density at radius 1 is 1.15 bits per heavy atom. The van der Waals surface area contributed by atoms with Crippen molar-refractivity contribution in [3.63, 3.8) is 0 Å². The molecule has 3 N–H and O–H groups in total. The third-order valence-corrected chi connectivity index (χ3v) is 4.19. The van der Waals surface area contributed by atoms with Crippen molar-refractivity contribution in [3.05, 3.63) is 35.5 Å². The fourth-order valence-corrected chi connectivity index (χ4v) is 2.91. The molecule has 1 aromatic heterocycles. The average molecular weight is 361 g/mol. The van der Waals surface area contributed by atoms with Crippen LogP contribution in [0.15, 0.2) is 29.3 Å². The Bertz CT molecular complexity index is 682. The molecular formula is C20H32N4O2. The molecule has 0 radical (unpaired) electrons. The lowest BCUT2D eigenvalue weighted by Gasteiger charge is -2.11. The number of nitrogens with one attached hydrogen (secondary N) is 3. The van der Waals surface area contributed by atoms with Gasteiger partial charge in [-0.3, -0.25) is 4.99 Å². The van der Waals surface area contributed by atoms with Gasteiger partial charge in [0.1, 0.15) is 0 Å². The van der Waals surface area contributed by atoms with Crippen molar-refractivity contribution in [2.24, 2.45) is 4.99 Å². The zero-order valence-electron chi connectivity index (χ0n) is 16.2. The standard InChI is InChI=1S/C20H32N4O2/c1-4-21-20(22-11-7-13-26-15-14-25-3)23-12-10-17-16(2)24-19-9-6-5-8-18(17)19/h5-6,8-9,24H,4,7,10-15H2,1-3H3,(H2,21,22,23). The van der Waals surface area contributed by atoms with E-state index in [1.165, 1.54) is 22.2 Å². The number of H-pyrrole nitrogens is 1. The number of rotatable bonds is 11. The number of guanidine groups is 1. The number of aromatic amines is 1. The van der Waals surface area contributed by atoms with Gasteiger partial charge in [0, 0.05) is 49.9 Å². The molecule has 1 aromatic carbocycles. The van der Waals surface area contributed by atoms with Gasteiger partial charge in [0.15, 0.2) is 5.96 Å². The molecule has 2 rings (SSSR count). The summed E-state index contributed by atoms with van der Waals surface area (Å²) in [7, 11) is 1.68. The highest BCUT2D eigenvalue weighted by Gasteiger charge is 2.07. The molecule has 6 heteroatoms. The molecule has 0 unspecified atom stereocenters. The summed E-state index contributed by atoms with van der Waals surface area (Å²) in [5.74, 6) is 0.863. The van der Waals surface area contributed by atoms with E-state index in [-0.39, 0.29) is 0 Å². The molecule has 0 aliphatic carbocycles. The number of nitrogens with zero attached hydrogens (tertiary/aromatic N) is 1. The van der Waals surface area contributed by atoms with Gasteiger partial charge in [-0.15, -0.1) is 0 Å². The Kier molecular flexibility index (Phi) is 9.00. The Morgan fingerprint density at radius 2 is 2.00 bits per heavy atom. The number of benzene rings is 1. The van der Waals surface area contributed by atoms with Crippen LogP contribution in [-0.2, 0) is 15.9 Å². The molecule has 2 aromatic rings. The number of aromatic nitrogens is 1. The van der Waals surface area contributed by atoms with Crippen molar-refractivity contribution in [3.8, 4) is 0 Å². The van der Waals surface area contributed by atoms with Gasteiger partial charge in [0.25, 0.3) is 0 Å². The van der Waals surface area contributed by atoms with Crippen LogP contribution in [0.3, 0.4) is 0 Å². The van der Waals surface area contributed by atoms with Crippen LogP contribution in [0.4, 0.5) is 0 Å². The maximum absolute atomic E-state index is 5.46. The fourth-order valence-electron chi connectivity index (χ4n) is 2.91. The highest BCUT2D eigenvalue weighted by molar-refractivity contribution is 5.84. The molecule has 0 saturated heterocycles. The van der Waals surface area contributed by atoms with Crippen LogP contribution in [0.2, 0.25) is 0 Å². The summed E-state index contributed by atoms with van der Waals surface area (Å²) in [4.78, 5) is 8.07. The van der Waals surface area contributed by atoms with E-state index >= 15 is 0 Å². The third kappa shape index (κ3) is 6.35. The molecule has 0 fully saturated rings. The summed E-state index contributed by atoms with van der Waals surface area (Å²) in [5, 5.41) is 8.03. The van der Waals surface area contributed by atoms with E-state index in [4.69, 9.17) is 9.47 Å². The fraction of sp³-hybridized carbons (Fsp3) is 0.550. The number of hydrogen-bond donors (Lipinski definition) is 3. The normalized spacial score (nSPS) is 11.9. The number of para-hydroxylation sites is 1. The molecule has 0 aliphatic heterocycles. The van der Waals surface area contributed by atoms with E-state index in [1.54, 1.807) is 7.11 Å². The predicted octanol–water partition coefficient (Wildman–Crippen LogP) is 2.63. The quantitative estimate of drug-likeness (QED) is 0.327. The van der Waals surface area contributed by atoms with Crippen LogP contribution >= 0.6 is 0 Å². The molecule has 0 spiro atoms. The highest BCUT2D eigenvalue weighted by atomic mass is 16.5. The molecule has 0 bridgehead atoms. The molecule has 0 amide bonds. The third-order valence-electron chi connectivity index (χ3n) is 4.19. The Labute approximate surface area is 156 Å². The van der Waals surface area contributed by atoms with Gasteiger partial charge in [-0.1, -0.05) is 18.2 Å². The van der Waals surface area contributed by atoms with Gasteiger partial charge in [-0.2, -0.15) is 0 Å². The van der Waals surface area contributed by atoms with Crippen molar-refractivity contribution >= 4 is 16.9 Å². The van der Waals surface area contributed by atoms with Crippen LogP contribution < -0.4 is 10.6 Å². The molecule has 0 saturated carbocycles. The number of ether oxygens (including phenoxy) is 2. The second kappa shape index (κ2) is 11.5. The summed E-state index contributed by atoms with van der Waals surface area (Å²) in [6.07, 6.45) is 1.86. The van der Waals surface area contributed by atoms with Crippen LogP contribution in [0, 0.1) is 6.92 Å². The molecule has 1 heterocycles. The van der Waals surface area contributed by atoms with Crippen molar-refractivity contribution in [2.75, 3.05) is 46.6 Å². The molecule has 0 aliphatic rings. The van der Waals surface area contributed by atoms with Gasteiger partial charge in [-0.05, 0) is 38.3 Å². The minimum Gasteiger partial charge on any atom is -0.382 e. The van der Waals surface area contributed by atoms with Gasteiger partial charge < -0.3 is 25.1 Å². The Balaban J connectivity index is 1.78. The van der Waals surface area contributed by atoms with Gasteiger partial charge in [0.05, 0.1) is 13.2 Å². The molecule has 144 valence electrons. The SMILES string of the molecule is CCNC(=NCCCOCCOC)NCCc1c(C)[nH]c2ccccc12. The first-order valence-electron chi connectivity index (χ1n) is 9.41. The second-order valence-electron chi connectivity index (χ2n) is 6.17. The summed E-state index contributed by atoms with van der Waals surface area (Å²) in [6, 6.07) is 8.46. The number of hydrogen-bond acceptors (Lipinski definition) is 3. The Hall–Kier alpha value is -2.05. The van der Waals surface area contributed by atoms with Crippen LogP contribution in [0.25, 0.3) is 10.9 Å². The van der Waals surface area contributed by atoms with Crippen molar-refractivity contribution in [1.82, 2.24) is 15.6 Å². The highest BCUT2D eigenvalue weighted by Crippen LogP contribution is 2.21. The second-order valence-corrected chi connectivity index (χ2v) is 6.17. The van der Waals surface area contributed by atoms with E-state index in [1.807, 2.05) is 0 Å². The summed E-state index contributed by atoms with van der Waals surface area (Å²) < 4.78 is 10.4. The van der Waals surface area contributed by atoms with Gasteiger partial charge >= 0.3 is 0 Å². The first-order valence-corrected chi connectivity index (χ1v) is 9.41. The van der Waals surface area contributed by atoms with Crippen molar-refractivity contribution in [2.45, 2.75) is 26.7 Å². The van der Waals surface area contributed by atoms with E-state index in [2.05, 4.69) is 58.7 Å². The summed E-state index contributed by atoms with van der Waals surface area (Å²) in [6.45, 7) is 8.65. The minimum atomic E-state index is 0.640. The Morgan fingerprint density at radius 3 is 2.81 bits per heavy atom. The predicted molar refractivity (Wildman–Crippen MR) is 108 cm³/mol. The molecule has 0 atom stereocenters. The van der Waals surface area contributed by atoms with Crippen LogP contribution in [-0.4, -0.2) is 57.5 Å². The monoisotopic (exact) mass is 360 g/mol. The number of methoxy groups -OCH3 is 1. The molecular weight excluding hydrogens is 328 g/mol. The maximum atomic E-state index is 5.46. The zero-order valence-corrected chi connectivity index (χ0v) is 16.2. The minimum absolute atomic E-state index is 0.640. The van der Waals surface area contributed by atoms with Crippen molar-refractivity contribution < 1.29 is 9.47 Å². The van der Waals surface area contributed by atoms with Gasteiger partial charge in [-0.25, -0.2) is 0 Å². The van der Waals surface area contributed by atoms with E-state index in [9.17, 15) is 0 Å². The lowest BCUT2D eigenvalue weighted by molar-refractivity contribution is 0.0702. The lowest BCUT2D eigenvalue weighted by atomic mass is 10.1. The van der Waals surface area contributed by atoms with E-state index in [0.717, 1.165) is 38.4 Å². The lowest BCUT2D eigenvalue weighted by Crippen LogP contribution is -2.38. The zero-order chi connectivity index (χ0) is 18.6. The van der Waals surface area contributed by atoms with Crippen LogP contribution in [0.1, 0.15) is 24.6 Å². The van der Waals surface area contributed by atoms with E-state index in [0.29, 0.717) is 19.8 Å². The topological polar surface area (TPSA) is 70.7 Å². The summed E-state index contributed by atoms with van der Waals surface area (Å²) >= 11 is 0. The van der Waals surface area contributed by atoms with E-state index < -0.39 is 0 Å². The first kappa shape index (κ1) is 20.3. The average Bonchev–Trinajstić information content (AvgIpc) is 2.96. The number of aryl methyl sites for hydroxylation is 1. The van der Waals surface area contributed by atoms with Crippen molar-refractivity contribution in [1.29, 1.82) is 0 Å². The smallest absolute Gasteiger partial charge is 0.191 e.